The van der Waals surface area contributed by atoms with E-state index in [1.807, 2.05) is 58.1 Å². The highest BCUT2D eigenvalue weighted by atomic mass is 16.5. The molecule has 9 heteroatoms. The first-order valence-corrected chi connectivity index (χ1v) is 12.8. The van der Waals surface area contributed by atoms with Gasteiger partial charge in [-0.1, -0.05) is 0 Å². The molecule has 0 radical (unpaired) electrons. The molecule has 38 heavy (non-hydrogen) atoms. The van der Waals surface area contributed by atoms with E-state index in [-0.39, 0.29) is 24.7 Å². The predicted octanol–water partition coefficient (Wildman–Crippen LogP) is 4.34. The summed E-state index contributed by atoms with van der Waals surface area (Å²) in [5.41, 5.74) is 4.27. The number of hydrogen-bond donors (Lipinski definition) is 2. The molecule has 2 aromatic heterocycles. The molecule has 0 aliphatic heterocycles. The molecule has 4 aromatic rings. The van der Waals surface area contributed by atoms with Crippen molar-refractivity contribution in [2.75, 3.05) is 27.2 Å². The van der Waals surface area contributed by atoms with Gasteiger partial charge in [-0.15, -0.1) is 0 Å². The van der Waals surface area contributed by atoms with Gasteiger partial charge in [0.2, 0.25) is 0 Å². The molecule has 9 nitrogen and oxygen atoms in total. The van der Waals surface area contributed by atoms with Crippen LogP contribution >= 0.6 is 0 Å². The molecule has 0 aliphatic carbocycles. The fourth-order valence-electron chi connectivity index (χ4n) is 5.02. The average molecular weight is 519 g/mol. The standard InChI is InChI=1S/C29H34N4O5/c1-17-19-12-13-30-27(29(37)31-14-15-32(3)4)20(19)16-21-26-18(2)23(11-10-22(26)33(5)28(17)21)38-25(36)9-7-6-8-24(34)35/h10-13,16H,6-9,14-15H2,1-5H3,(H,31,37)(H,34,35). The SMILES string of the molecule is Cc1c(OC(=O)CCCCC(=O)O)ccc2c1c1cc3c(C(=O)NCCN(C)C)nccc3c(C)c1n2C. The van der Waals surface area contributed by atoms with E-state index < -0.39 is 5.97 Å². The number of ether oxygens (including phenoxy) is 1. The Bertz CT molecular complexity index is 1550. The molecule has 2 heterocycles. The van der Waals surface area contributed by atoms with Crippen molar-refractivity contribution in [1.82, 2.24) is 19.8 Å². The number of amides is 1. The number of esters is 1. The number of benzene rings is 2. The van der Waals surface area contributed by atoms with Crippen LogP contribution in [0.4, 0.5) is 0 Å². The molecule has 0 spiro atoms. The summed E-state index contributed by atoms with van der Waals surface area (Å²) in [4.78, 5) is 42.6. The van der Waals surface area contributed by atoms with Crippen LogP contribution < -0.4 is 10.1 Å². The minimum Gasteiger partial charge on any atom is -0.481 e. The van der Waals surface area contributed by atoms with Crippen LogP contribution in [0.25, 0.3) is 32.6 Å². The summed E-state index contributed by atoms with van der Waals surface area (Å²) in [5.74, 6) is -1.01. The van der Waals surface area contributed by atoms with Crippen LogP contribution in [-0.2, 0) is 16.6 Å². The van der Waals surface area contributed by atoms with Crippen LogP contribution in [0, 0.1) is 13.8 Å². The lowest BCUT2D eigenvalue weighted by Crippen LogP contribution is -2.31. The number of rotatable bonds is 10. The van der Waals surface area contributed by atoms with Crippen LogP contribution in [0.3, 0.4) is 0 Å². The topological polar surface area (TPSA) is 114 Å². The molecule has 0 aliphatic rings. The van der Waals surface area contributed by atoms with E-state index in [0.717, 1.165) is 50.2 Å². The summed E-state index contributed by atoms with van der Waals surface area (Å²) >= 11 is 0. The number of aryl methyl sites for hydroxylation is 3. The zero-order valence-electron chi connectivity index (χ0n) is 22.6. The molecule has 2 aromatic carbocycles. The molecular weight excluding hydrogens is 484 g/mol. The van der Waals surface area contributed by atoms with E-state index in [2.05, 4.69) is 14.9 Å². The normalized spacial score (nSPS) is 11.5. The quantitative estimate of drug-likeness (QED) is 0.182. The van der Waals surface area contributed by atoms with Crippen LogP contribution in [0.5, 0.6) is 5.75 Å². The number of nitrogens with one attached hydrogen (secondary N) is 1. The fraction of sp³-hybridized carbons (Fsp3) is 0.379. The molecular formula is C29H34N4O5. The third-order valence-electron chi connectivity index (χ3n) is 6.96. The van der Waals surface area contributed by atoms with E-state index in [9.17, 15) is 14.4 Å². The number of carbonyl (C=O) groups excluding carboxylic acids is 2. The lowest BCUT2D eigenvalue weighted by Gasteiger charge is -2.12. The van der Waals surface area contributed by atoms with E-state index in [4.69, 9.17) is 9.84 Å². The van der Waals surface area contributed by atoms with E-state index in [1.54, 1.807) is 12.3 Å². The van der Waals surface area contributed by atoms with Crippen molar-refractivity contribution in [2.45, 2.75) is 39.5 Å². The number of carboxylic acids is 1. The number of hydrogen-bond acceptors (Lipinski definition) is 6. The van der Waals surface area contributed by atoms with Crippen LogP contribution in [-0.4, -0.2) is 64.6 Å². The number of pyridine rings is 1. The van der Waals surface area contributed by atoms with Crippen LogP contribution in [0.1, 0.15) is 47.3 Å². The Morgan fingerprint density at radius 3 is 2.47 bits per heavy atom. The van der Waals surface area contributed by atoms with Gasteiger partial charge in [-0.2, -0.15) is 0 Å². The van der Waals surface area contributed by atoms with Crippen molar-refractivity contribution < 1.29 is 24.2 Å². The molecule has 1 amide bonds. The number of nitrogens with zero attached hydrogens (tertiary/aromatic N) is 3. The van der Waals surface area contributed by atoms with Gasteiger partial charge in [0.15, 0.2) is 0 Å². The average Bonchev–Trinajstić information content (AvgIpc) is 3.15. The summed E-state index contributed by atoms with van der Waals surface area (Å²) in [6.45, 7) is 5.21. The Kier molecular flexibility index (Phi) is 7.97. The fourth-order valence-corrected chi connectivity index (χ4v) is 5.02. The van der Waals surface area contributed by atoms with Crippen molar-refractivity contribution in [2.24, 2.45) is 7.05 Å². The largest absolute Gasteiger partial charge is 0.481 e. The van der Waals surface area contributed by atoms with Gasteiger partial charge in [-0.25, -0.2) is 0 Å². The number of carbonyl (C=O) groups is 3. The van der Waals surface area contributed by atoms with Gasteiger partial charge in [0, 0.05) is 66.4 Å². The van der Waals surface area contributed by atoms with Crippen molar-refractivity contribution in [3.63, 3.8) is 0 Å². The Morgan fingerprint density at radius 2 is 1.76 bits per heavy atom. The third kappa shape index (κ3) is 5.33. The zero-order valence-corrected chi connectivity index (χ0v) is 22.6. The maximum absolute atomic E-state index is 13.1. The zero-order chi connectivity index (χ0) is 27.6. The molecule has 0 saturated heterocycles. The lowest BCUT2D eigenvalue weighted by molar-refractivity contribution is -0.138. The van der Waals surface area contributed by atoms with Gasteiger partial charge in [0.1, 0.15) is 11.4 Å². The summed E-state index contributed by atoms with van der Waals surface area (Å²) in [7, 11) is 5.92. The van der Waals surface area contributed by atoms with Crippen molar-refractivity contribution in [3.05, 3.63) is 47.3 Å². The smallest absolute Gasteiger partial charge is 0.311 e. The van der Waals surface area contributed by atoms with Gasteiger partial charge in [0.05, 0.1) is 5.52 Å². The molecule has 4 rings (SSSR count). The Balaban J connectivity index is 1.76. The second kappa shape index (κ2) is 11.2. The van der Waals surface area contributed by atoms with E-state index in [1.165, 1.54) is 0 Å². The second-order valence-electron chi connectivity index (χ2n) is 9.93. The molecule has 0 fully saturated rings. The third-order valence-corrected chi connectivity index (χ3v) is 6.96. The lowest BCUT2D eigenvalue weighted by atomic mass is 9.98. The molecule has 0 saturated carbocycles. The molecule has 0 bridgehead atoms. The highest BCUT2D eigenvalue weighted by Gasteiger charge is 2.20. The van der Waals surface area contributed by atoms with Gasteiger partial charge in [-0.05, 0) is 76.0 Å². The van der Waals surface area contributed by atoms with Gasteiger partial charge >= 0.3 is 11.9 Å². The first-order chi connectivity index (χ1) is 18.1. The number of unbranched alkanes of at least 4 members (excludes halogenated alkanes) is 1. The maximum atomic E-state index is 13.1. The number of carboxylic acid groups (broad SMARTS) is 1. The van der Waals surface area contributed by atoms with E-state index in [0.29, 0.717) is 30.8 Å². The Morgan fingerprint density at radius 1 is 1.03 bits per heavy atom. The number of aliphatic carboxylic acids is 1. The monoisotopic (exact) mass is 518 g/mol. The summed E-state index contributed by atoms with van der Waals surface area (Å²) in [5, 5.41) is 15.4. The number of fused-ring (bicyclic) bond motifs is 4. The summed E-state index contributed by atoms with van der Waals surface area (Å²) in [6, 6.07) is 7.68. The van der Waals surface area contributed by atoms with Gasteiger partial charge in [0.25, 0.3) is 5.91 Å². The van der Waals surface area contributed by atoms with Crippen LogP contribution in [0.15, 0.2) is 30.5 Å². The number of likely N-dealkylation sites (N-methyl/N-ethyl adjacent to an activating group) is 1. The predicted molar refractivity (Wildman–Crippen MR) is 148 cm³/mol. The summed E-state index contributed by atoms with van der Waals surface area (Å²) < 4.78 is 7.81. The molecule has 0 unspecified atom stereocenters. The molecule has 2 N–H and O–H groups in total. The Labute approximate surface area is 221 Å². The first kappa shape index (κ1) is 27.1. The highest BCUT2D eigenvalue weighted by molar-refractivity contribution is 6.18. The minimum absolute atomic E-state index is 0.0338. The van der Waals surface area contributed by atoms with Crippen molar-refractivity contribution in [3.8, 4) is 5.75 Å². The minimum atomic E-state index is -0.872. The Hall–Kier alpha value is -3.98. The van der Waals surface area contributed by atoms with Gasteiger partial charge in [-0.3, -0.25) is 19.4 Å². The highest BCUT2D eigenvalue weighted by Crippen LogP contribution is 2.39. The van der Waals surface area contributed by atoms with Gasteiger partial charge < -0.3 is 24.6 Å². The van der Waals surface area contributed by atoms with Crippen molar-refractivity contribution >= 4 is 50.4 Å². The summed E-state index contributed by atoms with van der Waals surface area (Å²) in [6.07, 6.45) is 2.74. The first-order valence-electron chi connectivity index (χ1n) is 12.8. The van der Waals surface area contributed by atoms with E-state index >= 15 is 0 Å². The number of aromatic nitrogens is 2. The second-order valence-corrected chi connectivity index (χ2v) is 9.93. The maximum Gasteiger partial charge on any atom is 0.311 e. The molecule has 0 atom stereocenters. The van der Waals surface area contributed by atoms with Crippen molar-refractivity contribution in [1.29, 1.82) is 0 Å². The van der Waals surface area contributed by atoms with Crippen LogP contribution in [0.2, 0.25) is 0 Å². The molecule has 200 valence electrons.